The van der Waals surface area contributed by atoms with Gasteiger partial charge < -0.3 is 10.4 Å². The van der Waals surface area contributed by atoms with Crippen LogP contribution in [0.4, 0.5) is 0 Å². The lowest BCUT2D eigenvalue weighted by atomic mass is 10.0. The Labute approximate surface area is 90.9 Å². The molecule has 4 heteroatoms. The second-order valence-electron chi connectivity index (χ2n) is 4.75. The minimum absolute atomic E-state index is 0.0663. The lowest BCUT2D eigenvalue weighted by Crippen LogP contribution is -2.55. The summed E-state index contributed by atoms with van der Waals surface area (Å²) < 4.78 is 0. The number of hydrogen-bond donors (Lipinski definition) is 2. The molecular weight excluding hydrogens is 190 g/mol. The summed E-state index contributed by atoms with van der Waals surface area (Å²) >= 11 is 0. The maximum Gasteiger partial charge on any atom is 0.110 e. The number of nitriles is 1. The molecule has 1 saturated carbocycles. The third-order valence-electron chi connectivity index (χ3n) is 3.53. The molecule has 84 valence electrons. The summed E-state index contributed by atoms with van der Waals surface area (Å²) in [6, 6.07) is 2.23. The van der Waals surface area contributed by atoms with Crippen molar-refractivity contribution in [2.75, 3.05) is 26.2 Å². The van der Waals surface area contributed by atoms with Crippen molar-refractivity contribution >= 4 is 0 Å². The van der Waals surface area contributed by atoms with E-state index in [0.29, 0.717) is 6.54 Å². The fraction of sp³-hybridized carbons (Fsp3) is 0.909. The number of nitrogens with zero attached hydrogens (tertiary/aromatic N) is 2. The molecule has 1 atom stereocenters. The standard InChI is InChI=1S/C11H19N3O/c12-7-10-8-13-5-6-14(10)9-11(15)3-1-2-4-11/h10,13,15H,1-6,8-9H2. The lowest BCUT2D eigenvalue weighted by Gasteiger charge is -2.37. The largest absolute Gasteiger partial charge is 0.389 e. The van der Waals surface area contributed by atoms with E-state index in [4.69, 9.17) is 5.26 Å². The first-order valence-corrected chi connectivity index (χ1v) is 5.80. The molecule has 15 heavy (non-hydrogen) atoms. The molecule has 1 heterocycles. The highest BCUT2D eigenvalue weighted by Gasteiger charge is 2.35. The molecule has 0 spiro atoms. The van der Waals surface area contributed by atoms with Crippen molar-refractivity contribution in [3.05, 3.63) is 0 Å². The molecule has 2 rings (SSSR count). The van der Waals surface area contributed by atoms with E-state index < -0.39 is 5.60 Å². The fourth-order valence-corrected chi connectivity index (χ4v) is 2.63. The Kier molecular flexibility index (Phi) is 3.25. The van der Waals surface area contributed by atoms with E-state index in [1.54, 1.807) is 0 Å². The molecule has 1 unspecified atom stereocenters. The Balaban J connectivity index is 1.94. The van der Waals surface area contributed by atoms with Gasteiger partial charge in [-0.05, 0) is 12.8 Å². The molecule has 0 aromatic heterocycles. The van der Waals surface area contributed by atoms with Crippen molar-refractivity contribution in [2.45, 2.75) is 37.3 Å². The van der Waals surface area contributed by atoms with Crippen molar-refractivity contribution in [1.29, 1.82) is 5.26 Å². The average molecular weight is 209 g/mol. The van der Waals surface area contributed by atoms with Gasteiger partial charge in [-0.2, -0.15) is 5.26 Å². The van der Waals surface area contributed by atoms with Gasteiger partial charge in [0.1, 0.15) is 6.04 Å². The van der Waals surface area contributed by atoms with Gasteiger partial charge in [-0.3, -0.25) is 4.90 Å². The number of rotatable bonds is 2. The van der Waals surface area contributed by atoms with Gasteiger partial charge in [0.05, 0.1) is 11.7 Å². The molecule has 0 amide bonds. The van der Waals surface area contributed by atoms with Gasteiger partial charge in [-0.1, -0.05) is 12.8 Å². The molecule has 0 radical (unpaired) electrons. The molecule has 0 aromatic rings. The quantitative estimate of drug-likeness (QED) is 0.676. The number of hydrogen-bond acceptors (Lipinski definition) is 4. The first kappa shape index (κ1) is 10.9. The molecule has 2 N–H and O–H groups in total. The van der Waals surface area contributed by atoms with Crippen LogP contribution in [-0.4, -0.2) is 47.8 Å². The predicted molar refractivity (Wildman–Crippen MR) is 57.3 cm³/mol. The smallest absolute Gasteiger partial charge is 0.110 e. The zero-order valence-corrected chi connectivity index (χ0v) is 9.08. The fourth-order valence-electron chi connectivity index (χ4n) is 2.63. The molecule has 0 bridgehead atoms. The van der Waals surface area contributed by atoms with Crippen LogP contribution < -0.4 is 5.32 Å². The third-order valence-corrected chi connectivity index (χ3v) is 3.53. The predicted octanol–water partition coefficient (Wildman–Crippen LogP) is 0.0889. The Morgan fingerprint density at radius 1 is 1.47 bits per heavy atom. The van der Waals surface area contributed by atoms with Gasteiger partial charge in [0, 0.05) is 26.2 Å². The monoisotopic (exact) mass is 209 g/mol. The second-order valence-corrected chi connectivity index (χ2v) is 4.75. The van der Waals surface area contributed by atoms with Crippen LogP contribution in [0.15, 0.2) is 0 Å². The van der Waals surface area contributed by atoms with Crippen LogP contribution in [0, 0.1) is 11.3 Å². The molecule has 1 aliphatic carbocycles. The lowest BCUT2D eigenvalue weighted by molar-refractivity contribution is -0.00148. The number of β-amino-alcohol motifs (C(OH)–C–C–N with tert-alkyl or cyclic N) is 1. The SMILES string of the molecule is N#CC1CNCCN1CC1(O)CCCC1. The zero-order valence-electron chi connectivity index (χ0n) is 9.08. The van der Waals surface area contributed by atoms with Crippen molar-refractivity contribution in [3.63, 3.8) is 0 Å². The normalized spacial score (nSPS) is 31.3. The first-order chi connectivity index (χ1) is 7.23. The number of nitrogens with one attached hydrogen (secondary N) is 1. The molecule has 1 aliphatic heterocycles. The molecule has 1 saturated heterocycles. The van der Waals surface area contributed by atoms with Crippen LogP contribution in [0.5, 0.6) is 0 Å². The zero-order chi connectivity index (χ0) is 10.7. The Morgan fingerprint density at radius 3 is 2.87 bits per heavy atom. The average Bonchev–Trinajstić information content (AvgIpc) is 2.66. The highest BCUT2D eigenvalue weighted by atomic mass is 16.3. The summed E-state index contributed by atoms with van der Waals surface area (Å²) in [5.41, 5.74) is -0.521. The number of piperazine rings is 1. The Morgan fingerprint density at radius 2 is 2.20 bits per heavy atom. The molecule has 2 fully saturated rings. The van der Waals surface area contributed by atoms with Crippen molar-refractivity contribution in [1.82, 2.24) is 10.2 Å². The van der Waals surface area contributed by atoms with Crippen LogP contribution in [0.25, 0.3) is 0 Å². The number of aliphatic hydroxyl groups is 1. The van der Waals surface area contributed by atoms with Crippen LogP contribution in [0.3, 0.4) is 0 Å². The van der Waals surface area contributed by atoms with E-state index in [0.717, 1.165) is 45.3 Å². The van der Waals surface area contributed by atoms with Crippen molar-refractivity contribution < 1.29 is 5.11 Å². The van der Waals surface area contributed by atoms with E-state index in [1.165, 1.54) is 0 Å². The topological polar surface area (TPSA) is 59.3 Å². The Bertz CT molecular complexity index is 255. The minimum atomic E-state index is -0.521. The summed E-state index contributed by atoms with van der Waals surface area (Å²) in [7, 11) is 0. The van der Waals surface area contributed by atoms with E-state index >= 15 is 0 Å². The summed E-state index contributed by atoms with van der Waals surface area (Å²) in [6.07, 6.45) is 4.05. The van der Waals surface area contributed by atoms with Gasteiger partial charge in [0.25, 0.3) is 0 Å². The summed E-state index contributed by atoms with van der Waals surface area (Å²) in [5, 5.41) is 22.5. The van der Waals surface area contributed by atoms with Gasteiger partial charge in [-0.15, -0.1) is 0 Å². The maximum atomic E-state index is 10.3. The van der Waals surface area contributed by atoms with E-state index in [-0.39, 0.29) is 6.04 Å². The second kappa shape index (κ2) is 4.48. The van der Waals surface area contributed by atoms with Gasteiger partial charge in [0.2, 0.25) is 0 Å². The van der Waals surface area contributed by atoms with Crippen LogP contribution in [0.1, 0.15) is 25.7 Å². The van der Waals surface area contributed by atoms with Gasteiger partial charge in [0.15, 0.2) is 0 Å². The van der Waals surface area contributed by atoms with E-state index in [1.807, 2.05) is 0 Å². The van der Waals surface area contributed by atoms with Crippen molar-refractivity contribution in [3.8, 4) is 6.07 Å². The highest BCUT2D eigenvalue weighted by molar-refractivity contribution is 4.99. The van der Waals surface area contributed by atoms with Gasteiger partial charge >= 0.3 is 0 Å². The van der Waals surface area contributed by atoms with E-state index in [9.17, 15) is 5.11 Å². The molecule has 0 aromatic carbocycles. The minimum Gasteiger partial charge on any atom is -0.389 e. The highest BCUT2D eigenvalue weighted by Crippen LogP contribution is 2.30. The first-order valence-electron chi connectivity index (χ1n) is 5.80. The summed E-state index contributed by atoms with van der Waals surface area (Å²) in [6.45, 7) is 3.20. The molecule has 2 aliphatic rings. The van der Waals surface area contributed by atoms with Crippen LogP contribution in [-0.2, 0) is 0 Å². The van der Waals surface area contributed by atoms with Crippen molar-refractivity contribution in [2.24, 2.45) is 0 Å². The maximum absolute atomic E-state index is 10.3. The summed E-state index contributed by atoms with van der Waals surface area (Å²) in [4.78, 5) is 2.13. The summed E-state index contributed by atoms with van der Waals surface area (Å²) in [5.74, 6) is 0. The van der Waals surface area contributed by atoms with E-state index in [2.05, 4.69) is 16.3 Å². The molecule has 4 nitrogen and oxygen atoms in total. The molecular formula is C11H19N3O. The van der Waals surface area contributed by atoms with Crippen LogP contribution >= 0.6 is 0 Å². The Hall–Kier alpha value is -0.630. The van der Waals surface area contributed by atoms with Gasteiger partial charge in [-0.25, -0.2) is 0 Å². The van der Waals surface area contributed by atoms with Crippen LogP contribution in [0.2, 0.25) is 0 Å². The third kappa shape index (κ3) is 2.49.